The van der Waals surface area contributed by atoms with Crippen molar-refractivity contribution in [2.45, 2.75) is 19.8 Å². The predicted molar refractivity (Wildman–Crippen MR) is 130 cm³/mol. The number of ether oxygens (including phenoxy) is 4. The summed E-state index contributed by atoms with van der Waals surface area (Å²) >= 11 is 1.41. The number of nitrogens with one attached hydrogen (secondary N) is 1. The highest BCUT2D eigenvalue weighted by molar-refractivity contribution is 7.15. The number of anilines is 1. The lowest BCUT2D eigenvalue weighted by Gasteiger charge is -2.16. The van der Waals surface area contributed by atoms with Gasteiger partial charge in [0.1, 0.15) is 17.2 Å². The standard InChI is InChI=1S/C24H24N4O5S/c1-13-11-27-24(34-13)28-23(29)14(2)22-21(32-5)8-15(12-26-22)33-18-6-7-25-17-10-20(31-4)19(30-3)9-16(17)18/h6-12,14H,1-5H3,(H,27,28,29). The second-order valence-corrected chi connectivity index (χ2v) is 8.62. The topological polar surface area (TPSA) is 105 Å². The molecule has 10 heteroatoms. The van der Waals surface area contributed by atoms with Gasteiger partial charge in [-0.15, -0.1) is 11.3 Å². The van der Waals surface area contributed by atoms with Crippen molar-refractivity contribution in [3.63, 3.8) is 0 Å². The molecule has 0 radical (unpaired) electrons. The first kappa shape index (κ1) is 23.2. The molecule has 1 N–H and O–H groups in total. The minimum absolute atomic E-state index is 0.227. The van der Waals surface area contributed by atoms with E-state index >= 15 is 0 Å². The zero-order valence-electron chi connectivity index (χ0n) is 19.4. The number of fused-ring (bicyclic) bond motifs is 1. The van der Waals surface area contributed by atoms with E-state index in [9.17, 15) is 4.79 Å². The lowest BCUT2D eigenvalue weighted by Crippen LogP contribution is -2.20. The third-order valence-corrected chi connectivity index (χ3v) is 5.99. The van der Waals surface area contributed by atoms with E-state index in [1.165, 1.54) is 18.4 Å². The van der Waals surface area contributed by atoms with E-state index in [2.05, 4.69) is 20.3 Å². The van der Waals surface area contributed by atoms with Gasteiger partial charge in [-0.05, 0) is 26.0 Å². The smallest absolute Gasteiger partial charge is 0.235 e. The SMILES string of the molecule is COc1cc2nccc(Oc3cnc(C(C)C(=O)Nc4ncc(C)s4)c(OC)c3)c2cc1OC. The Hall–Kier alpha value is -3.92. The van der Waals surface area contributed by atoms with Gasteiger partial charge in [-0.1, -0.05) is 0 Å². The zero-order valence-corrected chi connectivity index (χ0v) is 20.2. The molecule has 1 amide bonds. The third-order valence-electron chi connectivity index (χ3n) is 5.17. The van der Waals surface area contributed by atoms with E-state index in [4.69, 9.17) is 18.9 Å². The summed E-state index contributed by atoms with van der Waals surface area (Å²) in [5.74, 6) is 1.80. The number of amides is 1. The van der Waals surface area contributed by atoms with Crippen molar-refractivity contribution < 1.29 is 23.7 Å². The van der Waals surface area contributed by atoms with E-state index in [1.54, 1.807) is 57.9 Å². The van der Waals surface area contributed by atoms with Gasteiger partial charge in [-0.25, -0.2) is 4.98 Å². The Morgan fingerprint density at radius 3 is 2.35 bits per heavy atom. The minimum Gasteiger partial charge on any atom is -0.495 e. The minimum atomic E-state index is -0.563. The van der Waals surface area contributed by atoms with Gasteiger partial charge in [0.15, 0.2) is 16.6 Å². The molecule has 0 fully saturated rings. The summed E-state index contributed by atoms with van der Waals surface area (Å²) in [7, 11) is 4.67. The van der Waals surface area contributed by atoms with Crippen molar-refractivity contribution >= 4 is 33.3 Å². The summed E-state index contributed by atoms with van der Waals surface area (Å²) in [5.41, 5.74) is 1.18. The fraction of sp³-hybridized carbons (Fsp3) is 0.250. The van der Waals surface area contributed by atoms with Crippen LogP contribution < -0.4 is 24.3 Å². The average molecular weight is 481 g/mol. The Kier molecular flexibility index (Phi) is 6.78. The molecule has 0 aliphatic heterocycles. The number of methoxy groups -OCH3 is 3. The highest BCUT2D eigenvalue weighted by Crippen LogP contribution is 2.38. The Morgan fingerprint density at radius 1 is 0.941 bits per heavy atom. The molecule has 1 aromatic carbocycles. The molecule has 0 aliphatic rings. The van der Waals surface area contributed by atoms with Crippen LogP contribution in [-0.2, 0) is 4.79 Å². The van der Waals surface area contributed by atoms with Gasteiger partial charge in [0.05, 0.1) is 44.7 Å². The van der Waals surface area contributed by atoms with Gasteiger partial charge < -0.3 is 24.3 Å². The number of aryl methyl sites for hydroxylation is 1. The number of aromatic nitrogens is 3. The maximum absolute atomic E-state index is 12.7. The van der Waals surface area contributed by atoms with Gasteiger partial charge in [0, 0.05) is 34.8 Å². The molecule has 0 saturated heterocycles. The van der Waals surface area contributed by atoms with Crippen molar-refractivity contribution in [1.29, 1.82) is 0 Å². The number of benzene rings is 1. The first-order chi connectivity index (χ1) is 16.4. The number of hydrogen-bond donors (Lipinski definition) is 1. The number of thiazole rings is 1. The Bertz CT molecular complexity index is 1340. The maximum atomic E-state index is 12.7. The molecule has 3 heterocycles. The van der Waals surface area contributed by atoms with Crippen molar-refractivity contribution in [3.05, 3.63) is 53.4 Å². The first-order valence-electron chi connectivity index (χ1n) is 10.4. The van der Waals surface area contributed by atoms with Gasteiger partial charge >= 0.3 is 0 Å². The van der Waals surface area contributed by atoms with Crippen molar-refractivity contribution in [1.82, 2.24) is 15.0 Å². The molecule has 1 unspecified atom stereocenters. The summed E-state index contributed by atoms with van der Waals surface area (Å²) < 4.78 is 22.4. The molecule has 3 aromatic heterocycles. The number of rotatable bonds is 8. The highest BCUT2D eigenvalue weighted by atomic mass is 32.1. The van der Waals surface area contributed by atoms with Crippen LogP contribution in [0.15, 0.2) is 42.9 Å². The molecule has 0 aliphatic carbocycles. The lowest BCUT2D eigenvalue weighted by molar-refractivity contribution is -0.117. The number of nitrogens with zero attached hydrogens (tertiary/aromatic N) is 3. The van der Waals surface area contributed by atoms with E-state index in [1.807, 2.05) is 13.0 Å². The van der Waals surface area contributed by atoms with Crippen LogP contribution in [0.3, 0.4) is 0 Å². The number of hydrogen-bond acceptors (Lipinski definition) is 9. The first-order valence-corrected chi connectivity index (χ1v) is 11.2. The molecule has 34 heavy (non-hydrogen) atoms. The highest BCUT2D eigenvalue weighted by Gasteiger charge is 2.23. The molecule has 9 nitrogen and oxygen atoms in total. The molecular weight excluding hydrogens is 456 g/mol. The Labute approximate surface area is 200 Å². The van der Waals surface area contributed by atoms with E-state index in [0.29, 0.717) is 45.1 Å². The van der Waals surface area contributed by atoms with Crippen LogP contribution in [0.5, 0.6) is 28.7 Å². The Balaban J connectivity index is 1.60. The summed E-state index contributed by atoms with van der Waals surface area (Å²) in [4.78, 5) is 26.8. The molecule has 1 atom stereocenters. The summed E-state index contributed by atoms with van der Waals surface area (Å²) in [6.45, 7) is 3.69. The molecular formula is C24H24N4O5S. The van der Waals surface area contributed by atoms with Crippen LogP contribution in [-0.4, -0.2) is 42.2 Å². The average Bonchev–Trinajstić information content (AvgIpc) is 3.26. The summed E-state index contributed by atoms with van der Waals surface area (Å²) in [6.07, 6.45) is 4.92. The fourth-order valence-corrected chi connectivity index (χ4v) is 4.06. The van der Waals surface area contributed by atoms with Gasteiger partial charge in [0.25, 0.3) is 0 Å². The van der Waals surface area contributed by atoms with Gasteiger partial charge in [-0.2, -0.15) is 0 Å². The molecule has 0 spiro atoms. The van der Waals surface area contributed by atoms with Crippen LogP contribution in [0.4, 0.5) is 5.13 Å². The number of pyridine rings is 2. The molecule has 4 rings (SSSR count). The van der Waals surface area contributed by atoms with E-state index in [0.717, 1.165) is 10.3 Å². The predicted octanol–water partition coefficient (Wildman–Crippen LogP) is 4.96. The molecule has 0 bridgehead atoms. The maximum Gasteiger partial charge on any atom is 0.235 e. The van der Waals surface area contributed by atoms with Crippen LogP contribution in [0, 0.1) is 6.92 Å². The quantitative estimate of drug-likeness (QED) is 0.378. The van der Waals surface area contributed by atoms with Crippen molar-refractivity contribution in [2.24, 2.45) is 0 Å². The Morgan fingerprint density at radius 2 is 1.68 bits per heavy atom. The third kappa shape index (κ3) is 4.72. The van der Waals surface area contributed by atoms with E-state index < -0.39 is 5.92 Å². The van der Waals surface area contributed by atoms with Gasteiger partial charge in [-0.3, -0.25) is 14.8 Å². The second-order valence-electron chi connectivity index (χ2n) is 7.38. The summed E-state index contributed by atoms with van der Waals surface area (Å²) in [6, 6.07) is 7.04. The lowest BCUT2D eigenvalue weighted by atomic mass is 10.1. The fourth-order valence-electron chi connectivity index (χ4n) is 3.40. The van der Waals surface area contributed by atoms with Gasteiger partial charge in [0.2, 0.25) is 5.91 Å². The van der Waals surface area contributed by atoms with Crippen LogP contribution in [0.1, 0.15) is 23.4 Å². The number of carbonyl (C=O) groups is 1. The zero-order chi connectivity index (χ0) is 24.2. The molecule has 176 valence electrons. The molecule has 0 saturated carbocycles. The second kappa shape index (κ2) is 9.92. The van der Waals surface area contributed by atoms with Crippen LogP contribution in [0.25, 0.3) is 10.9 Å². The van der Waals surface area contributed by atoms with Crippen LogP contribution in [0.2, 0.25) is 0 Å². The monoisotopic (exact) mass is 480 g/mol. The van der Waals surface area contributed by atoms with E-state index in [-0.39, 0.29) is 5.91 Å². The van der Waals surface area contributed by atoms with Crippen molar-refractivity contribution in [3.8, 4) is 28.7 Å². The summed E-state index contributed by atoms with van der Waals surface area (Å²) in [5, 5.41) is 4.11. The normalized spacial score (nSPS) is 11.7. The largest absolute Gasteiger partial charge is 0.495 e. The van der Waals surface area contributed by atoms with Crippen molar-refractivity contribution in [2.75, 3.05) is 26.6 Å². The molecule has 4 aromatic rings. The van der Waals surface area contributed by atoms with Crippen LogP contribution >= 0.6 is 11.3 Å². The number of carbonyl (C=O) groups excluding carboxylic acids is 1.